The Labute approximate surface area is 886 Å². The van der Waals surface area contributed by atoms with E-state index in [0.29, 0.717) is 11.8 Å². The van der Waals surface area contributed by atoms with Crippen LogP contribution in [-0.2, 0) is 104 Å². The SMILES string of the molecule is CC(C)CCCCCCc1cnnn1CCC(C)C.CC(C)CCCCCCc1cnnn1CCC(C)C.CC(C)CCCCCc1cn(CC(C)C)nn1.CC(C)CCCCCc1cn(CC(C)C)nn1.CC(C)CCCCCc1cnnn1CCCC(C)C.CC(C)CCCCCc1cnnn1CCCC(C)C.CC(C)CCCCc1cn(CCC(C)C)nn1.CC(C)CCCc1cn(CCCC(C)C)nn1. The molecule has 0 atom stereocenters. The van der Waals surface area contributed by atoms with Crippen molar-refractivity contribution in [3.8, 4) is 0 Å². The molecule has 0 aliphatic heterocycles. The lowest BCUT2D eigenvalue weighted by Crippen LogP contribution is -2.07. The minimum absolute atomic E-state index is 0.635. The van der Waals surface area contributed by atoms with Crippen LogP contribution >= 0.6 is 0 Å². The van der Waals surface area contributed by atoms with E-state index in [1.54, 1.807) is 0 Å². The molecule has 0 unspecified atom stereocenters. The molecule has 0 aliphatic rings. The van der Waals surface area contributed by atoms with E-state index >= 15 is 0 Å². The van der Waals surface area contributed by atoms with Crippen molar-refractivity contribution in [3.63, 3.8) is 0 Å². The van der Waals surface area contributed by atoms with Gasteiger partial charge in [0.25, 0.3) is 0 Å². The quantitative estimate of drug-likeness (QED) is 0.0322. The van der Waals surface area contributed by atoms with E-state index in [2.05, 4.69) is 348 Å². The monoisotopic (exact) mass is 2010 g/mol. The molecule has 0 radical (unpaired) electrons. The zero-order valence-electron chi connectivity index (χ0n) is 100. The van der Waals surface area contributed by atoms with E-state index in [1.165, 1.54) is 280 Å². The van der Waals surface area contributed by atoms with Gasteiger partial charge in [-0.05, 0) is 255 Å². The minimum Gasteiger partial charge on any atom is -0.252 e. The molecule has 8 heterocycles. The predicted octanol–water partition coefficient (Wildman–Crippen LogP) is 32.7. The molecule has 8 rings (SSSR count). The zero-order chi connectivity index (χ0) is 107. The fourth-order valence-electron chi connectivity index (χ4n) is 16.8. The van der Waals surface area contributed by atoms with Crippen molar-refractivity contribution >= 4 is 0 Å². The topological polar surface area (TPSA) is 246 Å². The summed E-state index contributed by atoms with van der Waals surface area (Å²) in [5.74, 6) is 12.4. The van der Waals surface area contributed by atoms with Gasteiger partial charge in [0.1, 0.15) is 0 Å². The second-order valence-electron chi connectivity index (χ2n) is 49.1. The maximum absolute atomic E-state index is 4.22. The normalized spacial score (nSPS) is 11.7. The molecule has 0 spiro atoms. The molecule has 144 heavy (non-hydrogen) atoms. The molecule has 0 saturated heterocycles. The van der Waals surface area contributed by atoms with Crippen LogP contribution in [-0.4, -0.2) is 120 Å². The summed E-state index contributed by atoms with van der Waals surface area (Å²) in [5, 5.41) is 66.5. The van der Waals surface area contributed by atoms with Gasteiger partial charge in [-0.1, -0.05) is 411 Å². The number of hydrogen-bond donors (Lipinski definition) is 0. The van der Waals surface area contributed by atoms with E-state index in [0.717, 1.165) is 209 Å². The van der Waals surface area contributed by atoms with Crippen molar-refractivity contribution in [2.75, 3.05) is 0 Å². The highest BCUT2D eigenvalue weighted by Crippen LogP contribution is 2.22. The molecular weight excluding hydrogens is 1780 g/mol. The summed E-state index contributed by atoms with van der Waals surface area (Å²) in [5.41, 5.74) is 9.84. The first-order chi connectivity index (χ1) is 68.7. The van der Waals surface area contributed by atoms with Gasteiger partial charge >= 0.3 is 0 Å². The summed E-state index contributed by atoms with van der Waals surface area (Å²) in [7, 11) is 0. The summed E-state index contributed by atoms with van der Waals surface area (Å²) in [4.78, 5) is 0. The second kappa shape index (κ2) is 86.9. The van der Waals surface area contributed by atoms with Gasteiger partial charge in [0, 0.05) is 77.1 Å². The van der Waals surface area contributed by atoms with Crippen molar-refractivity contribution in [1.82, 2.24) is 120 Å². The van der Waals surface area contributed by atoms with Crippen LogP contribution in [0.2, 0.25) is 0 Å². The van der Waals surface area contributed by atoms with Crippen molar-refractivity contribution in [1.29, 1.82) is 0 Å². The van der Waals surface area contributed by atoms with Crippen molar-refractivity contribution in [3.05, 3.63) is 95.1 Å². The average molecular weight is 2010 g/mol. The lowest BCUT2D eigenvalue weighted by molar-refractivity contribution is 0.462. The molecule has 0 aromatic carbocycles. The summed E-state index contributed by atoms with van der Waals surface area (Å²) in [6.45, 7) is 80.6. The Balaban J connectivity index is 0.000000823. The maximum atomic E-state index is 4.22. The van der Waals surface area contributed by atoms with Crippen LogP contribution in [0.4, 0.5) is 0 Å². The van der Waals surface area contributed by atoms with Gasteiger partial charge < -0.3 is 0 Å². The van der Waals surface area contributed by atoms with Crippen LogP contribution < -0.4 is 0 Å². The van der Waals surface area contributed by atoms with Gasteiger partial charge in [-0.3, -0.25) is 18.7 Å². The highest BCUT2D eigenvalue weighted by atomic mass is 15.5. The van der Waals surface area contributed by atoms with Crippen LogP contribution in [0.1, 0.15) is 524 Å². The van der Waals surface area contributed by atoms with Crippen LogP contribution in [0.3, 0.4) is 0 Å². The fraction of sp³-hybridized carbons (Fsp3) is 0.867. The van der Waals surface area contributed by atoms with E-state index in [1.807, 2.05) is 43.5 Å². The van der Waals surface area contributed by atoms with E-state index in [9.17, 15) is 0 Å². The van der Waals surface area contributed by atoms with Crippen molar-refractivity contribution in [2.24, 2.45) is 94.7 Å². The first-order valence-corrected chi connectivity index (χ1v) is 59.7. The first-order valence-electron chi connectivity index (χ1n) is 59.7. The summed E-state index contributed by atoms with van der Waals surface area (Å²) in [6.07, 6.45) is 76.9. The molecule has 8 aromatic heterocycles. The van der Waals surface area contributed by atoms with Gasteiger partial charge in [0.05, 0.1) is 70.3 Å². The van der Waals surface area contributed by atoms with Gasteiger partial charge in [0.15, 0.2) is 0 Å². The maximum Gasteiger partial charge on any atom is 0.0827 e. The number of unbranched alkanes of at least 4 members (excludes halogenated alkanes) is 15. The largest absolute Gasteiger partial charge is 0.252 e. The number of rotatable bonds is 72. The Kier molecular flexibility index (Phi) is 81.5. The lowest BCUT2D eigenvalue weighted by atomic mass is 10.0. The molecule has 0 saturated carbocycles. The zero-order valence-corrected chi connectivity index (χ0v) is 100. The second-order valence-corrected chi connectivity index (χ2v) is 49.1. The fourth-order valence-corrected chi connectivity index (χ4v) is 16.8. The highest BCUT2D eigenvalue weighted by Gasteiger charge is 2.14. The van der Waals surface area contributed by atoms with Gasteiger partial charge in [-0.15, -0.1) is 40.8 Å². The standard InChI is InChI=1S/4C16H31N3.4C14H27N3/c2*1-14(2)9-6-5-7-11-16-13-17-18-19(16)12-8-10-15(3)4;2*1-14(2)9-7-5-6-8-10-16-13-17-18-19(16)12-11-15(3)4;1-12(2)7-5-9-14-11-17(16-15-14)10-6-8-13(3)4;1-12(2)7-5-6-8-14-11-17(16-15-14)10-9-13(3)4;2*1-12(2)8-6-5-7-9-14-11-17(16-15-14)10-13(3)4/h4*13-15H,5-12H2,1-4H3;4*11-13H,5-10H2,1-4H3. The Morgan fingerprint density at radius 1 is 0.160 bits per heavy atom. The molecule has 0 N–H and O–H groups in total. The third-order valence-electron chi connectivity index (χ3n) is 25.9. The molecule has 24 heteroatoms. The van der Waals surface area contributed by atoms with Gasteiger partial charge in [-0.25, -0.2) is 18.7 Å². The smallest absolute Gasteiger partial charge is 0.0827 e. The van der Waals surface area contributed by atoms with E-state index in [-0.39, 0.29) is 0 Å². The first kappa shape index (κ1) is 135. The van der Waals surface area contributed by atoms with E-state index < -0.39 is 0 Å². The number of hydrogen-bond acceptors (Lipinski definition) is 16. The minimum atomic E-state index is 0.635. The van der Waals surface area contributed by atoms with Crippen LogP contribution in [0.25, 0.3) is 0 Å². The Hall–Kier alpha value is -6.88. The number of aryl methyl sites for hydroxylation is 14. The third kappa shape index (κ3) is 81.1. The Morgan fingerprint density at radius 2 is 0.347 bits per heavy atom. The Bertz CT molecular complexity index is 3840. The molecule has 24 nitrogen and oxygen atoms in total. The molecular formula is C120H232N24. The summed E-state index contributed by atoms with van der Waals surface area (Å²) >= 11 is 0. The van der Waals surface area contributed by atoms with Crippen LogP contribution in [0.15, 0.2) is 49.6 Å². The predicted molar refractivity (Wildman–Crippen MR) is 612 cm³/mol. The van der Waals surface area contributed by atoms with Crippen LogP contribution in [0, 0.1) is 94.7 Å². The van der Waals surface area contributed by atoms with Crippen molar-refractivity contribution in [2.45, 2.75) is 582 Å². The lowest BCUT2D eigenvalue weighted by Gasteiger charge is -2.08. The molecule has 832 valence electrons. The van der Waals surface area contributed by atoms with E-state index in [4.69, 9.17) is 0 Å². The molecule has 0 aliphatic carbocycles. The third-order valence-corrected chi connectivity index (χ3v) is 25.9. The highest BCUT2D eigenvalue weighted by molar-refractivity contribution is 4.99. The summed E-state index contributed by atoms with van der Waals surface area (Å²) < 4.78 is 16.3. The molecule has 0 fully saturated rings. The van der Waals surface area contributed by atoms with Crippen LogP contribution in [0.5, 0.6) is 0 Å². The summed E-state index contributed by atoms with van der Waals surface area (Å²) in [6, 6.07) is 0. The number of aromatic nitrogens is 24. The van der Waals surface area contributed by atoms with Gasteiger partial charge in [-0.2, -0.15) is 0 Å². The average Bonchev–Trinajstić information content (AvgIpc) is 1.74. The van der Waals surface area contributed by atoms with Gasteiger partial charge in [0.2, 0.25) is 0 Å². The molecule has 0 amide bonds. The Morgan fingerprint density at radius 3 is 0.618 bits per heavy atom. The number of nitrogens with zero attached hydrogens (tertiary/aromatic N) is 24. The molecule has 0 bridgehead atoms. The molecule has 8 aromatic rings. The van der Waals surface area contributed by atoms with Crippen molar-refractivity contribution < 1.29 is 0 Å².